The van der Waals surface area contributed by atoms with Crippen molar-refractivity contribution in [3.63, 3.8) is 0 Å². The number of hydrogen-bond donors (Lipinski definition) is 1. The third-order valence-corrected chi connectivity index (χ3v) is 3.82. The van der Waals surface area contributed by atoms with Gasteiger partial charge < -0.3 is 10.6 Å². The first kappa shape index (κ1) is 13.2. The van der Waals surface area contributed by atoms with Crippen LogP contribution in [-0.2, 0) is 0 Å². The molecule has 18 heavy (non-hydrogen) atoms. The Morgan fingerprint density at radius 2 is 2.17 bits per heavy atom. The molecule has 0 aliphatic carbocycles. The molecule has 0 radical (unpaired) electrons. The molecule has 1 aliphatic heterocycles. The van der Waals surface area contributed by atoms with E-state index in [1.54, 1.807) is 17.2 Å². The zero-order valence-electron chi connectivity index (χ0n) is 9.80. The number of aromatic nitrogens is 1. The lowest BCUT2D eigenvalue weighted by molar-refractivity contribution is 0.0710. The molecule has 2 N–H and O–H groups in total. The summed E-state index contributed by atoms with van der Waals surface area (Å²) >= 11 is 10.9. The number of nitrogens with zero attached hydrogens (tertiary/aromatic N) is 2. The number of hydrogen-bond acceptors (Lipinski definition) is 3. The van der Waals surface area contributed by atoms with Gasteiger partial charge in [-0.15, -0.1) is 0 Å². The predicted molar refractivity (Wildman–Crippen MR) is 74.7 cm³/mol. The van der Waals surface area contributed by atoms with Gasteiger partial charge in [0.05, 0.1) is 15.6 Å². The number of halogens is 1. The summed E-state index contributed by atoms with van der Waals surface area (Å²) < 4.78 is 0. The average Bonchev–Trinajstić information content (AvgIpc) is 2.38. The van der Waals surface area contributed by atoms with Crippen LogP contribution in [-0.4, -0.2) is 33.9 Å². The molecular formula is C12H14ClN3OS. The molecule has 0 bridgehead atoms. The molecule has 1 aromatic heterocycles. The van der Waals surface area contributed by atoms with E-state index < -0.39 is 0 Å². The minimum Gasteiger partial charge on any atom is -0.393 e. The molecule has 1 aliphatic rings. The lowest BCUT2D eigenvalue weighted by atomic mass is 9.96. The maximum Gasteiger partial charge on any atom is 0.255 e. The van der Waals surface area contributed by atoms with Crippen LogP contribution >= 0.6 is 23.8 Å². The second-order valence-corrected chi connectivity index (χ2v) is 5.20. The Labute approximate surface area is 116 Å². The standard InChI is InChI=1S/C12H14ClN3OS/c13-10-7-15-4-1-9(10)12(17)16-5-2-8(3-6-16)11(14)18/h1,4,7-8H,2-3,5-6H2,(H2,14,18). The maximum absolute atomic E-state index is 12.2. The summed E-state index contributed by atoms with van der Waals surface area (Å²) in [7, 11) is 0. The SMILES string of the molecule is NC(=S)C1CCN(C(=O)c2ccncc2Cl)CC1. The molecular weight excluding hydrogens is 270 g/mol. The van der Waals surface area contributed by atoms with Gasteiger partial charge in [0.15, 0.2) is 0 Å². The van der Waals surface area contributed by atoms with E-state index in [1.165, 1.54) is 6.20 Å². The van der Waals surface area contributed by atoms with Crippen molar-refractivity contribution >= 4 is 34.7 Å². The maximum atomic E-state index is 12.2. The van der Waals surface area contributed by atoms with Gasteiger partial charge >= 0.3 is 0 Å². The van der Waals surface area contributed by atoms with Gasteiger partial charge in [-0.25, -0.2) is 0 Å². The van der Waals surface area contributed by atoms with E-state index in [2.05, 4.69) is 4.98 Å². The zero-order chi connectivity index (χ0) is 13.1. The summed E-state index contributed by atoms with van der Waals surface area (Å²) in [5.74, 6) is 0.195. The van der Waals surface area contributed by atoms with Crippen molar-refractivity contribution in [2.45, 2.75) is 12.8 Å². The zero-order valence-corrected chi connectivity index (χ0v) is 11.4. The van der Waals surface area contributed by atoms with Gasteiger partial charge in [-0.2, -0.15) is 0 Å². The van der Waals surface area contributed by atoms with Crippen molar-refractivity contribution in [3.05, 3.63) is 29.0 Å². The topological polar surface area (TPSA) is 59.2 Å². The van der Waals surface area contributed by atoms with Crippen LogP contribution in [0.2, 0.25) is 5.02 Å². The molecule has 0 aromatic carbocycles. The molecule has 1 fully saturated rings. The first-order valence-corrected chi connectivity index (χ1v) is 6.56. The van der Waals surface area contributed by atoms with Crippen LogP contribution < -0.4 is 5.73 Å². The quantitative estimate of drug-likeness (QED) is 0.842. The molecule has 2 heterocycles. The van der Waals surface area contributed by atoms with Crippen LogP contribution in [0.15, 0.2) is 18.5 Å². The second kappa shape index (κ2) is 5.63. The summed E-state index contributed by atoms with van der Waals surface area (Å²) in [5.41, 5.74) is 6.12. The van der Waals surface area contributed by atoms with Crippen LogP contribution in [0.1, 0.15) is 23.2 Å². The number of pyridine rings is 1. The van der Waals surface area contributed by atoms with E-state index >= 15 is 0 Å². The average molecular weight is 284 g/mol. The van der Waals surface area contributed by atoms with Crippen LogP contribution in [0.4, 0.5) is 0 Å². The smallest absolute Gasteiger partial charge is 0.255 e. The van der Waals surface area contributed by atoms with E-state index in [4.69, 9.17) is 29.6 Å². The molecule has 1 aromatic rings. The van der Waals surface area contributed by atoms with Gasteiger partial charge in [0.25, 0.3) is 5.91 Å². The highest BCUT2D eigenvalue weighted by atomic mass is 35.5. The van der Waals surface area contributed by atoms with E-state index in [0.29, 0.717) is 28.7 Å². The van der Waals surface area contributed by atoms with Gasteiger partial charge in [0.2, 0.25) is 0 Å². The van der Waals surface area contributed by atoms with Gasteiger partial charge in [-0.05, 0) is 18.9 Å². The number of rotatable bonds is 2. The summed E-state index contributed by atoms with van der Waals surface area (Å²) in [6, 6.07) is 1.64. The fourth-order valence-corrected chi connectivity index (χ4v) is 2.52. The highest BCUT2D eigenvalue weighted by molar-refractivity contribution is 7.80. The second-order valence-electron chi connectivity index (χ2n) is 4.32. The first-order valence-electron chi connectivity index (χ1n) is 5.77. The molecule has 6 heteroatoms. The number of piperidine rings is 1. The van der Waals surface area contributed by atoms with Gasteiger partial charge in [-0.3, -0.25) is 9.78 Å². The summed E-state index contributed by atoms with van der Waals surface area (Å²) in [6.07, 6.45) is 4.70. The first-order chi connectivity index (χ1) is 8.59. The lowest BCUT2D eigenvalue weighted by Gasteiger charge is -2.31. The molecule has 0 unspecified atom stereocenters. The Kier molecular flexibility index (Phi) is 4.14. The Balaban J connectivity index is 2.04. The van der Waals surface area contributed by atoms with E-state index in [9.17, 15) is 4.79 Å². The minimum atomic E-state index is -0.0520. The van der Waals surface area contributed by atoms with Crippen molar-refractivity contribution in [2.75, 3.05) is 13.1 Å². The third-order valence-electron chi connectivity index (χ3n) is 3.19. The molecule has 1 amide bonds. The molecule has 96 valence electrons. The third kappa shape index (κ3) is 2.79. The summed E-state index contributed by atoms with van der Waals surface area (Å²) in [6.45, 7) is 1.33. The predicted octanol–water partition coefficient (Wildman–Crippen LogP) is 1.87. The largest absolute Gasteiger partial charge is 0.393 e. The molecule has 0 atom stereocenters. The Hall–Kier alpha value is -1.20. The highest BCUT2D eigenvalue weighted by Crippen LogP contribution is 2.21. The van der Waals surface area contributed by atoms with Gasteiger partial charge in [0.1, 0.15) is 0 Å². The summed E-state index contributed by atoms with van der Waals surface area (Å²) in [4.78, 5) is 18.5. The van der Waals surface area contributed by atoms with Crippen LogP contribution in [0.5, 0.6) is 0 Å². The van der Waals surface area contributed by atoms with Crippen LogP contribution in [0.3, 0.4) is 0 Å². The van der Waals surface area contributed by atoms with E-state index in [-0.39, 0.29) is 11.8 Å². The summed E-state index contributed by atoms with van der Waals surface area (Å²) in [5, 5.41) is 0.388. The van der Waals surface area contributed by atoms with Gasteiger partial charge in [0, 0.05) is 31.4 Å². The van der Waals surface area contributed by atoms with E-state index in [0.717, 1.165) is 12.8 Å². The van der Waals surface area contributed by atoms with Gasteiger partial charge in [-0.1, -0.05) is 23.8 Å². The normalized spacial score (nSPS) is 16.6. The van der Waals surface area contributed by atoms with E-state index in [1.807, 2.05) is 0 Å². The molecule has 4 nitrogen and oxygen atoms in total. The number of thiocarbonyl (C=S) groups is 1. The van der Waals surface area contributed by atoms with Crippen molar-refractivity contribution in [3.8, 4) is 0 Å². The number of likely N-dealkylation sites (tertiary alicyclic amines) is 1. The van der Waals surface area contributed by atoms with Crippen molar-refractivity contribution in [2.24, 2.45) is 11.7 Å². The molecule has 2 rings (SSSR count). The Bertz CT molecular complexity index is 472. The molecule has 0 spiro atoms. The monoisotopic (exact) mass is 283 g/mol. The number of amides is 1. The van der Waals surface area contributed by atoms with Crippen LogP contribution in [0.25, 0.3) is 0 Å². The Morgan fingerprint density at radius 1 is 1.50 bits per heavy atom. The van der Waals surface area contributed by atoms with Crippen molar-refractivity contribution in [1.82, 2.24) is 9.88 Å². The highest BCUT2D eigenvalue weighted by Gasteiger charge is 2.25. The van der Waals surface area contributed by atoms with Crippen molar-refractivity contribution < 1.29 is 4.79 Å². The number of carbonyl (C=O) groups excluding carboxylic acids is 1. The fourth-order valence-electron chi connectivity index (χ4n) is 2.09. The minimum absolute atomic E-state index is 0.0520. The molecule has 1 saturated heterocycles. The number of nitrogens with two attached hydrogens (primary N) is 1. The molecule has 0 saturated carbocycles. The fraction of sp³-hybridized carbons (Fsp3) is 0.417. The van der Waals surface area contributed by atoms with Crippen LogP contribution in [0, 0.1) is 5.92 Å². The number of carbonyl (C=O) groups is 1. The lowest BCUT2D eigenvalue weighted by Crippen LogP contribution is -2.41. The Morgan fingerprint density at radius 3 is 2.72 bits per heavy atom. The van der Waals surface area contributed by atoms with Crippen molar-refractivity contribution in [1.29, 1.82) is 0 Å².